The first-order chi connectivity index (χ1) is 16.4. The third-order valence-corrected chi connectivity index (χ3v) is 5.67. The number of amides is 2. The summed E-state index contributed by atoms with van der Waals surface area (Å²) in [5, 5.41) is 6.96. The van der Waals surface area contributed by atoms with E-state index in [2.05, 4.69) is 15.5 Å². The van der Waals surface area contributed by atoms with Crippen molar-refractivity contribution in [1.82, 2.24) is 15.5 Å². The van der Waals surface area contributed by atoms with Crippen LogP contribution in [0.4, 0.5) is 19.3 Å². The van der Waals surface area contributed by atoms with Gasteiger partial charge in [-0.2, -0.15) is 4.98 Å². The Kier molecular flexibility index (Phi) is 5.41. The maximum Gasteiger partial charge on any atom is 0.326 e. The molecule has 0 saturated carbocycles. The van der Waals surface area contributed by atoms with Gasteiger partial charge in [0.2, 0.25) is 5.82 Å². The van der Waals surface area contributed by atoms with Crippen LogP contribution in [-0.2, 0) is 0 Å². The Bertz CT molecular complexity index is 1430. The van der Waals surface area contributed by atoms with E-state index >= 15 is 0 Å². The molecule has 0 saturated heterocycles. The lowest BCUT2D eigenvalue weighted by Gasteiger charge is -2.35. The van der Waals surface area contributed by atoms with Gasteiger partial charge in [-0.05, 0) is 61.4 Å². The summed E-state index contributed by atoms with van der Waals surface area (Å²) in [5.74, 6) is -0.515. The number of nitrogens with one attached hydrogen (secondary N) is 1. The fourth-order valence-electron chi connectivity index (χ4n) is 4.11. The minimum absolute atomic E-state index is 0.142. The number of aryl methyl sites for hydroxylation is 1. The lowest BCUT2D eigenvalue weighted by molar-refractivity contribution is 0.244. The van der Waals surface area contributed by atoms with E-state index in [0.717, 1.165) is 5.56 Å². The Hall–Kier alpha value is -4.33. The highest BCUT2D eigenvalue weighted by molar-refractivity contribution is 6.01. The quantitative estimate of drug-likeness (QED) is 0.406. The van der Waals surface area contributed by atoms with Crippen molar-refractivity contribution in [2.24, 2.45) is 0 Å². The van der Waals surface area contributed by atoms with Crippen molar-refractivity contribution in [3.8, 4) is 11.4 Å². The number of halogens is 2. The molecule has 34 heavy (non-hydrogen) atoms. The molecule has 1 aliphatic rings. The predicted molar refractivity (Wildman–Crippen MR) is 124 cm³/mol. The molecule has 0 bridgehead atoms. The SMILES string of the molecule is CC1=C(c2nc(-c3cccc(F)c3)no2)C(c2cccc(F)c2)NC(=O)N1c1cccc(C)c1. The summed E-state index contributed by atoms with van der Waals surface area (Å²) >= 11 is 0. The van der Waals surface area contributed by atoms with Gasteiger partial charge in [0.15, 0.2) is 0 Å². The van der Waals surface area contributed by atoms with E-state index < -0.39 is 17.7 Å². The fraction of sp³-hybridized carbons (Fsp3) is 0.115. The molecule has 1 aromatic heterocycles. The molecule has 3 aromatic carbocycles. The fourth-order valence-corrected chi connectivity index (χ4v) is 4.11. The highest BCUT2D eigenvalue weighted by Crippen LogP contribution is 2.39. The minimum atomic E-state index is -0.731. The molecule has 170 valence electrons. The van der Waals surface area contributed by atoms with Gasteiger partial charge in [-0.25, -0.2) is 13.6 Å². The predicted octanol–water partition coefficient (Wildman–Crippen LogP) is 6.03. The molecule has 1 N–H and O–H groups in total. The summed E-state index contributed by atoms with van der Waals surface area (Å²) in [5.41, 5.74) is 3.69. The van der Waals surface area contributed by atoms with Crippen molar-refractivity contribution < 1.29 is 18.1 Å². The summed E-state index contributed by atoms with van der Waals surface area (Å²) < 4.78 is 33.4. The Labute approximate surface area is 194 Å². The van der Waals surface area contributed by atoms with Crippen LogP contribution in [0, 0.1) is 18.6 Å². The Balaban J connectivity index is 1.67. The molecule has 1 atom stereocenters. The Morgan fingerprint density at radius 3 is 2.41 bits per heavy atom. The lowest BCUT2D eigenvalue weighted by atomic mass is 9.94. The van der Waals surface area contributed by atoms with E-state index in [9.17, 15) is 13.6 Å². The highest BCUT2D eigenvalue weighted by atomic mass is 19.1. The van der Waals surface area contributed by atoms with Crippen LogP contribution in [0.5, 0.6) is 0 Å². The first kappa shape index (κ1) is 21.5. The van der Waals surface area contributed by atoms with Gasteiger partial charge in [0.05, 0.1) is 17.3 Å². The second kappa shape index (κ2) is 8.55. The van der Waals surface area contributed by atoms with Crippen LogP contribution < -0.4 is 10.2 Å². The second-order valence-electron chi connectivity index (χ2n) is 8.04. The van der Waals surface area contributed by atoms with E-state index in [0.29, 0.717) is 28.1 Å². The van der Waals surface area contributed by atoms with Gasteiger partial charge >= 0.3 is 6.03 Å². The van der Waals surface area contributed by atoms with Crippen LogP contribution in [0.2, 0.25) is 0 Å². The average Bonchev–Trinajstić information content (AvgIpc) is 3.28. The summed E-state index contributed by atoms with van der Waals surface area (Å²) in [4.78, 5) is 19.2. The molecule has 5 rings (SSSR count). The molecule has 0 aliphatic carbocycles. The van der Waals surface area contributed by atoms with E-state index in [1.54, 1.807) is 31.2 Å². The van der Waals surface area contributed by atoms with Crippen LogP contribution >= 0.6 is 0 Å². The maximum absolute atomic E-state index is 14.1. The van der Waals surface area contributed by atoms with Crippen molar-refractivity contribution in [2.75, 3.05) is 4.90 Å². The van der Waals surface area contributed by atoms with Gasteiger partial charge in [-0.1, -0.05) is 41.6 Å². The van der Waals surface area contributed by atoms with Gasteiger partial charge in [0, 0.05) is 11.3 Å². The monoisotopic (exact) mass is 458 g/mol. The molecule has 1 unspecified atom stereocenters. The molecule has 1 aliphatic heterocycles. The van der Waals surface area contributed by atoms with E-state index in [4.69, 9.17) is 4.52 Å². The Morgan fingerprint density at radius 2 is 1.68 bits per heavy atom. The second-order valence-corrected chi connectivity index (χ2v) is 8.04. The first-order valence-corrected chi connectivity index (χ1v) is 10.6. The molecule has 0 fully saturated rings. The topological polar surface area (TPSA) is 71.3 Å². The van der Waals surface area contributed by atoms with E-state index in [1.807, 2.05) is 31.2 Å². The molecular formula is C26H20F2N4O2. The first-order valence-electron chi connectivity index (χ1n) is 10.6. The summed E-state index contributed by atoms with van der Waals surface area (Å²) in [6.07, 6.45) is 0. The Morgan fingerprint density at radius 1 is 0.941 bits per heavy atom. The van der Waals surface area contributed by atoms with Gasteiger partial charge in [0.25, 0.3) is 5.89 Å². The smallest absolute Gasteiger partial charge is 0.326 e. The third-order valence-electron chi connectivity index (χ3n) is 5.67. The summed E-state index contributed by atoms with van der Waals surface area (Å²) in [6, 6.07) is 18.2. The number of urea groups is 1. The van der Waals surface area contributed by atoms with Crippen LogP contribution in [0.25, 0.3) is 17.0 Å². The van der Waals surface area contributed by atoms with E-state index in [-0.39, 0.29) is 17.7 Å². The summed E-state index contributed by atoms with van der Waals surface area (Å²) in [6.45, 7) is 3.71. The van der Waals surface area contributed by atoms with Crippen molar-refractivity contribution in [3.63, 3.8) is 0 Å². The molecular weight excluding hydrogens is 438 g/mol. The molecule has 2 amide bonds. The van der Waals surface area contributed by atoms with Crippen molar-refractivity contribution in [2.45, 2.75) is 19.9 Å². The number of aromatic nitrogens is 2. The number of hydrogen-bond donors (Lipinski definition) is 1. The molecule has 2 heterocycles. The normalized spacial score (nSPS) is 16.1. The standard InChI is InChI=1S/C26H20F2N4O2/c1-15-6-3-11-21(12-15)32-16(2)22(23(29-26(32)33)17-7-4-9-19(27)13-17)25-30-24(31-34-25)18-8-5-10-20(28)14-18/h3-14,23H,1-2H3,(H,29,33). The number of benzene rings is 3. The number of rotatable bonds is 4. The van der Waals surface area contributed by atoms with Crippen LogP contribution in [0.3, 0.4) is 0 Å². The molecule has 0 radical (unpaired) electrons. The van der Waals surface area contributed by atoms with Crippen LogP contribution in [0.1, 0.15) is 30.0 Å². The lowest BCUT2D eigenvalue weighted by Crippen LogP contribution is -2.46. The number of hydrogen-bond acceptors (Lipinski definition) is 4. The zero-order chi connectivity index (χ0) is 23.8. The molecule has 0 spiro atoms. The largest absolute Gasteiger partial charge is 0.334 e. The van der Waals surface area contributed by atoms with Crippen LogP contribution in [0.15, 0.2) is 83.0 Å². The molecule has 4 aromatic rings. The number of carbonyl (C=O) groups excluding carboxylic acids is 1. The molecule has 6 nitrogen and oxygen atoms in total. The van der Waals surface area contributed by atoms with Crippen LogP contribution in [-0.4, -0.2) is 16.2 Å². The van der Waals surface area contributed by atoms with Gasteiger partial charge in [-0.3, -0.25) is 4.90 Å². The zero-order valence-electron chi connectivity index (χ0n) is 18.4. The maximum atomic E-state index is 14.1. The number of allylic oxidation sites excluding steroid dienone is 1. The van der Waals surface area contributed by atoms with Gasteiger partial charge < -0.3 is 9.84 Å². The van der Waals surface area contributed by atoms with Crippen molar-refractivity contribution in [3.05, 3.63) is 107 Å². The zero-order valence-corrected chi connectivity index (χ0v) is 18.4. The van der Waals surface area contributed by atoms with Gasteiger partial charge in [-0.15, -0.1) is 0 Å². The average molecular weight is 458 g/mol. The number of anilines is 1. The minimum Gasteiger partial charge on any atom is -0.334 e. The third kappa shape index (κ3) is 3.94. The number of carbonyl (C=O) groups is 1. The van der Waals surface area contributed by atoms with Crippen molar-refractivity contribution in [1.29, 1.82) is 0 Å². The van der Waals surface area contributed by atoms with Gasteiger partial charge in [0.1, 0.15) is 11.6 Å². The van der Waals surface area contributed by atoms with Crippen molar-refractivity contribution >= 4 is 17.3 Å². The summed E-state index contributed by atoms with van der Waals surface area (Å²) in [7, 11) is 0. The number of nitrogens with zero attached hydrogens (tertiary/aromatic N) is 3. The van der Waals surface area contributed by atoms with E-state index in [1.165, 1.54) is 29.2 Å². The molecule has 8 heteroatoms. The highest BCUT2D eigenvalue weighted by Gasteiger charge is 2.36.